The lowest BCUT2D eigenvalue weighted by Gasteiger charge is -2.33. The molecule has 0 aromatic heterocycles. The molecule has 1 nitrogen and oxygen atoms in total. The third kappa shape index (κ3) is 3.97. The Labute approximate surface area is 122 Å². The Bertz CT molecular complexity index is 394. The molecule has 1 atom stereocenters. The number of nitrogens with one attached hydrogen (secondary N) is 1. The molecule has 106 valence electrons. The summed E-state index contributed by atoms with van der Waals surface area (Å²) < 4.78 is 0. The van der Waals surface area contributed by atoms with Gasteiger partial charge in [0.2, 0.25) is 0 Å². The lowest BCUT2D eigenvalue weighted by molar-refractivity contribution is 0.231. The summed E-state index contributed by atoms with van der Waals surface area (Å²) in [6, 6.07) is 9.15. The number of halogens is 1. The van der Waals surface area contributed by atoms with E-state index in [1.54, 1.807) is 0 Å². The van der Waals surface area contributed by atoms with Crippen molar-refractivity contribution in [1.82, 2.24) is 5.32 Å². The Morgan fingerprint density at radius 3 is 2.26 bits per heavy atom. The van der Waals surface area contributed by atoms with Crippen LogP contribution < -0.4 is 5.32 Å². The first-order valence-corrected chi connectivity index (χ1v) is 7.96. The van der Waals surface area contributed by atoms with E-state index in [1.165, 1.54) is 31.2 Å². The monoisotopic (exact) mass is 279 g/mol. The molecular weight excluding hydrogens is 254 g/mol. The summed E-state index contributed by atoms with van der Waals surface area (Å²) in [6.07, 6.45) is 5.34. The summed E-state index contributed by atoms with van der Waals surface area (Å²) in [5, 5.41) is 4.62. The molecule has 19 heavy (non-hydrogen) atoms. The van der Waals surface area contributed by atoms with Crippen molar-refractivity contribution in [2.75, 3.05) is 0 Å². The van der Waals surface area contributed by atoms with Gasteiger partial charge >= 0.3 is 0 Å². The van der Waals surface area contributed by atoms with Crippen LogP contribution in [-0.2, 0) is 0 Å². The highest BCUT2D eigenvalue weighted by atomic mass is 35.5. The molecule has 1 aliphatic rings. The molecule has 0 radical (unpaired) electrons. The van der Waals surface area contributed by atoms with Gasteiger partial charge in [0.1, 0.15) is 0 Å². The van der Waals surface area contributed by atoms with Gasteiger partial charge in [0, 0.05) is 17.1 Å². The van der Waals surface area contributed by atoms with Gasteiger partial charge in [-0.2, -0.15) is 0 Å². The van der Waals surface area contributed by atoms with Gasteiger partial charge in [-0.15, -0.1) is 0 Å². The summed E-state index contributed by atoms with van der Waals surface area (Å²) in [6.45, 7) is 6.92. The van der Waals surface area contributed by atoms with Gasteiger partial charge in [0.25, 0.3) is 0 Å². The number of rotatable bonds is 4. The van der Waals surface area contributed by atoms with Crippen LogP contribution in [0.2, 0.25) is 5.02 Å². The van der Waals surface area contributed by atoms with Gasteiger partial charge in [-0.1, -0.05) is 43.6 Å². The van der Waals surface area contributed by atoms with E-state index in [0.29, 0.717) is 12.1 Å². The normalized spacial score (nSPS) is 25.5. The lowest BCUT2D eigenvalue weighted by atomic mass is 9.79. The minimum atomic E-state index is 0.342. The van der Waals surface area contributed by atoms with Crippen molar-refractivity contribution in [3.8, 4) is 0 Å². The highest BCUT2D eigenvalue weighted by Crippen LogP contribution is 2.31. The Balaban J connectivity index is 1.87. The molecule has 1 N–H and O–H groups in total. The summed E-state index contributed by atoms with van der Waals surface area (Å²) in [7, 11) is 0. The first-order chi connectivity index (χ1) is 9.08. The third-order valence-electron chi connectivity index (χ3n) is 4.57. The van der Waals surface area contributed by atoms with Crippen molar-refractivity contribution in [1.29, 1.82) is 0 Å². The molecule has 1 saturated carbocycles. The molecule has 1 aromatic carbocycles. The van der Waals surface area contributed by atoms with Crippen LogP contribution in [0.1, 0.15) is 58.1 Å². The van der Waals surface area contributed by atoms with Crippen LogP contribution in [0.3, 0.4) is 0 Å². The standard InChI is InChI=1S/C17H26ClN/c1-12(2)14-8-10-15(11-9-14)19-13(3)16-6-4-5-7-17(16)18/h4-7,12-15,19H,8-11H2,1-3H3. The van der Waals surface area contributed by atoms with Crippen LogP contribution in [0.5, 0.6) is 0 Å². The van der Waals surface area contributed by atoms with Gasteiger partial charge in [0.05, 0.1) is 0 Å². The van der Waals surface area contributed by atoms with Crippen LogP contribution in [0.4, 0.5) is 0 Å². The topological polar surface area (TPSA) is 12.0 Å². The summed E-state index contributed by atoms with van der Waals surface area (Å²) >= 11 is 6.26. The highest BCUT2D eigenvalue weighted by Gasteiger charge is 2.24. The molecule has 1 aliphatic carbocycles. The van der Waals surface area contributed by atoms with Crippen LogP contribution >= 0.6 is 11.6 Å². The Kier molecular flexibility index (Phi) is 5.29. The summed E-state index contributed by atoms with van der Waals surface area (Å²) in [5.41, 5.74) is 1.22. The summed E-state index contributed by atoms with van der Waals surface area (Å²) in [5.74, 6) is 1.76. The quantitative estimate of drug-likeness (QED) is 0.798. The molecule has 2 rings (SSSR count). The molecule has 0 heterocycles. The van der Waals surface area contributed by atoms with Crippen LogP contribution in [0.25, 0.3) is 0 Å². The van der Waals surface area contributed by atoms with Crippen LogP contribution in [0.15, 0.2) is 24.3 Å². The molecule has 0 spiro atoms. The fourth-order valence-corrected chi connectivity index (χ4v) is 3.52. The van der Waals surface area contributed by atoms with Crippen molar-refractivity contribution < 1.29 is 0 Å². The van der Waals surface area contributed by atoms with Crippen molar-refractivity contribution in [3.05, 3.63) is 34.9 Å². The highest BCUT2D eigenvalue weighted by molar-refractivity contribution is 6.31. The number of benzene rings is 1. The minimum absolute atomic E-state index is 0.342. The van der Waals surface area contributed by atoms with E-state index in [1.807, 2.05) is 12.1 Å². The van der Waals surface area contributed by atoms with Crippen LogP contribution in [0, 0.1) is 11.8 Å². The van der Waals surface area contributed by atoms with Gasteiger partial charge < -0.3 is 5.32 Å². The van der Waals surface area contributed by atoms with E-state index >= 15 is 0 Å². The van der Waals surface area contributed by atoms with E-state index in [2.05, 4.69) is 38.2 Å². The van der Waals surface area contributed by atoms with Gasteiger partial charge in [-0.05, 0) is 56.1 Å². The smallest absolute Gasteiger partial charge is 0.0453 e. The second kappa shape index (κ2) is 6.76. The van der Waals surface area contributed by atoms with E-state index in [0.717, 1.165) is 16.9 Å². The average molecular weight is 280 g/mol. The lowest BCUT2D eigenvalue weighted by Crippen LogP contribution is -2.35. The Morgan fingerprint density at radius 1 is 1.05 bits per heavy atom. The van der Waals surface area contributed by atoms with Gasteiger partial charge in [0.15, 0.2) is 0 Å². The molecule has 1 aromatic rings. The Morgan fingerprint density at radius 2 is 1.68 bits per heavy atom. The molecule has 2 heteroatoms. The second-order valence-electron chi connectivity index (χ2n) is 6.27. The minimum Gasteiger partial charge on any atom is -0.307 e. The predicted molar refractivity (Wildman–Crippen MR) is 83.6 cm³/mol. The molecule has 0 bridgehead atoms. The number of hydrogen-bond acceptors (Lipinski definition) is 1. The van der Waals surface area contributed by atoms with E-state index < -0.39 is 0 Å². The zero-order valence-electron chi connectivity index (χ0n) is 12.3. The maximum absolute atomic E-state index is 6.26. The largest absolute Gasteiger partial charge is 0.307 e. The van der Waals surface area contributed by atoms with Crippen molar-refractivity contribution in [2.45, 2.75) is 58.5 Å². The molecule has 1 unspecified atom stereocenters. The molecule has 0 aliphatic heterocycles. The SMILES string of the molecule is CC(NC1CCC(C(C)C)CC1)c1ccccc1Cl. The molecule has 1 fully saturated rings. The van der Waals surface area contributed by atoms with Gasteiger partial charge in [-0.25, -0.2) is 0 Å². The zero-order valence-corrected chi connectivity index (χ0v) is 13.1. The maximum Gasteiger partial charge on any atom is 0.0453 e. The van der Waals surface area contributed by atoms with Crippen molar-refractivity contribution in [3.63, 3.8) is 0 Å². The molecular formula is C17H26ClN. The van der Waals surface area contributed by atoms with Gasteiger partial charge in [-0.3, -0.25) is 0 Å². The average Bonchev–Trinajstić information content (AvgIpc) is 2.39. The summed E-state index contributed by atoms with van der Waals surface area (Å²) in [4.78, 5) is 0. The number of hydrogen-bond donors (Lipinski definition) is 1. The molecule has 0 saturated heterocycles. The third-order valence-corrected chi connectivity index (χ3v) is 4.92. The fourth-order valence-electron chi connectivity index (χ4n) is 3.22. The Hall–Kier alpha value is -0.530. The van der Waals surface area contributed by atoms with E-state index in [-0.39, 0.29) is 0 Å². The van der Waals surface area contributed by atoms with Crippen LogP contribution in [-0.4, -0.2) is 6.04 Å². The van der Waals surface area contributed by atoms with E-state index in [4.69, 9.17) is 11.6 Å². The van der Waals surface area contributed by atoms with E-state index in [9.17, 15) is 0 Å². The first-order valence-electron chi connectivity index (χ1n) is 7.58. The zero-order chi connectivity index (χ0) is 13.8. The fraction of sp³-hybridized carbons (Fsp3) is 0.647. The van der Waals surface area contributed by atoms with Crippen molar-refractivity contribution >= 4 is 11.6 Å². The predicted octanol–water partition coefficient (Wildman–Crippen LogP) is 5.21. The van der Waals surface area contributed by atoms with Crippen molar-refractivity contribution in [2.24, 2.45) is 11.8 Å². The maximum atomic E-state index is 6.26. The molecule has 0 amide bonds. The second-order valence-corrected chi connectivity index (χ2v) is 6.67. The first kappa shape index (κ1) is 14.9.